The second-order valence-corrected chi connectivity index (χ2v) is 4.09. The van der Waals surface area contributed by atoms with E-state index in [-0.39, 0.29) is 0 Å². The third-order valence-corrected chi connectivity index (χ3v) is 2.69. The second-order valence-electron chi connectivity index (χ2n) is 3.68. The van der Waals surface area contributed by atoms with Gasteiger partial charge in [0.25, 0.3) is 0 Å². The highest BCUT2D eigenvalue weighted by Gasteiger charge is 2.03. The van der Waals surface area contributed by atoms with E-state index in [0.717, 1.165) is 22.6 Å². The summed E-state index contributed by atoms with van der Waals surface area (Å²) < 4.78 is 0. The van der Waals surface area contributed by atoms with Gasteiger partial charge in [-0.25, -0.2) is 0 Å². The molecule has 0 saturated carbocycles. The van der Waals surface area contributed by atoms with Crippen molar-refractivity contribution in [1.29, 1.82) is 0 Å². The molecule has 0 amide bonds. The summed E-state index contributed by atoms with van der Waals surface area (Å²) in [6, 6.07) is 13.4. The number of hydrogen-bond acceptors (Lipinski definition) is 2. The molecule has 0 bridgehead atoms. The van der Waals surface area contributed by atoms with Crippen LogP contribution in [0.2, 0.25) is 5.02 Å². The van der Waals surface area contributed by atoms with E-state index < -0.39 is 0 Å². The zero-order valence-corrected chi connectivity index (χ0v) is 9.75. The second kappa shape index (κ2) is 4.45. The van der Waals surface area contributed by atoms with E-state index in [1.165, 1.54) is 0 Å². The standard InChI is InChI=1S/C13H13ClN2/c1-9-4-2-7-12(14)13(9)16-11-6-3-5-10(15)8-11/h2-8,16H,15H2,1H3. The van der Waals surface area contributed by atoms with Crippen molar-refractivity contribution in [3.05, 3.63) is 53.1 Å². The zero-order valence-electron chi connectivity index (χ0n) is 9.00. The molecule has 3 N–H and O–H groups in total. The van der Waals surface area contributed by atoms with Crippen molar-refractivity contribution in [2.75, 3.05) is 11.1 Å². The fourth-order valence-corrected chi connectivity index (χ4v) is 1.82. The van der Waals surface area contributed by atoms with Gasteiger partial charge in [0.15, 0.2) is 0 Å². The average molecular weight is 233 g/mol. The first kappa shape index (κ1) is 10.8. The number of nitrogen functional groups attached to an aromatic ring is 1. The van der Waals surface area contributed by atoms with Gasteiger partial charge in [0.05, 0.1) is 10.7 Å². The third-order valence-electron chi connectivity index (χ3n) is 2.38. The number of nitrogens with two attached hydrogens (primary N) is 1. The van der Waals surface area contributed by atoms with Crippen molar-refractivity contribution >= 4 is 28.7 Å². The van der Waals surface area contributed by atoms with Crippen LogP contribution in [-0.4, -0.2) is 0 Å². The van der Waals surface area contributed by atoms with Gasteiger partial charge in [-0.15, -0.1) is 0 Å². The molecule has 0 atom stereocenters. The molecular weight excluding hydrogens is 220 g/mol. The van der Waals surface area contributed by atoms with Gasteiger partial charge in [-0.3, -0.25) is 0 Å². The number of benzene rings is 2. The van der Waals surface area contributed by atoms with E-state index in [9.17, 15) is 0 Å². The first-order valence-corrected chi connectivity index (χ1v) is 5.42. The number of aryl methyl sites for hydroxylation is 1. The van der Waals surface area contributed by atoms with Crippen LogP contribution in [0.25, 0.3) is 0 Å². The molecule has 0 unspecified atom stereocenters. The maximum Gasteiger partial charge on any atom is 0.0643 e. The molecule has 0 fully saturated rings. The summed E-state index contributed by atoms with van der Waals surface area (Å²) in [5.41, 5.74) is 9.42. The van der Waals surface area contributed by atoms with Gasteiger partial charge in [0, 0.05) is 11.4 Å². The Morgan fingerprint density at radius 3 is 2.56 bits per heavy atom. The van der Waals surface area contributed by atoms with E-state index >= 15 is 0 Å². The van der Waals surface area contributed by atoms with Crippen LogP contribution in [0.3, 0.4) is 0 Å². The normalized spacial score (nSPS) is 10.1. The number of para-hydroxylation sites is 1. The van der Waals surface area contributed by atoms with Crippen LogP contribution >= 0.6 is 11.6 Å². The Balaban J connectivity index is 2.34. The van der Waals surface area contributed by atoms with E-state index in [4.69, 9.17) is 17.3 Å². The number of nitrogens with one attached hydrogen (secondary N) is 1. The van der Waals surface area contributed by atoms with Gasteiger partial charge in [-0.1, -0.05) is 29.8 Å². The smallest absolute Gasteiger partial charge is 0.0643 e. The molecule has 0 aliphatic rings. The molecule has 82 valence electrons. The van der Waals surface area contributed by atoms with Gasteiger partial charge in [-0.05, 0) is 36.8 Å². The van der Waals surface area contributed by atoms with E-state index in [0.29, 0.717) is 5.02 Å². The van der Waals surface area contributed by atoms with Crippen molar-refractivity contribution in [3.63, 3.8) is 0 Å². The van der Waals surface area contributed by atoms with Gasteiger partial charge in [0.1, 0.15) is 0 Å². The largest absolute Gasteiger partial charge is 0.399 e. The molecule has 2 aromatic rings. The van der Waals surface area contributed by atoms with Crippen LogP contribution in [0.1, 0.15) is 5.56 Å². The summed E-state index contributed by atoms with van der Waals surface area (Å²) in [6.45, 7) is 2.01. The molecule has 3 heteroatoms. The lowest BCUT2D eigenvalue weighted by Crippen LogP contribution is -1.95. The minimum Gasteiger partial charge on any atom is -0.399 e. The molecule has 0 radical (unpaired) electrons. The number of halogens is 1. The Labute approximate surface area is 100 Å². The number of anilines is 3. The topological polar surface area (TPSA) is 38.0 Å². The zero-order chi connectivity index (χ0) is 11.5. The maximum absolute atomic E-state index is 6.13. The lowest BCUT2D eigenvalue weighted by atomic mass is 10.2. The fraction of sp³-hybridized carbons (Fsp3) is 0.0769. The lowest BCUT2D eigenvalue weighted by molar-refractivity contribution is 1.43. The van der Waals surface area contributed by atoms with Gasteiger partial charge >= 0.3 is 0 Å². The molecule has 0 saturated heterocycles. The Morgan fingerprint density at radius 1 is 1.12 bits per heavy atom. The van der Waals surface area contributed by atoms with E-state index in [1.54, 1.807) is 0 Å². The molecule has 2 rings (SSSR count). The Bertz CT molecular complexity index is 489. The quantitative estimate of drug-likeness (QED) is 0.769. The number of rotatable bonds is 2. The highest BCUT2D eigenvalue weighted by Crippen LogP contribution is 2.29. The average Bonchev–Trinajstić information content (AvgIpc) is 2.24. The van der Waals surface area contributed by atoms with E-state index in [2.05, 4.69) is 5.32 Å². The molecule has 0 aliphatic heterocycles. The van der Waals surface area contributed by atoms with Crippen LogP contribution < -0.4 is 11.1 Å². The molecule has 0 spiro atoms. The molecule has 16 heavy (non-hydrogen) atoms. The van der Waals surface area contributed by atoms with Crippen molar-refractivity contribution < 1.29 is 0 Å². The van der Waals surface area contributed by atoms with Crippen LogP contribution in [0.15, 0.2) is 42.5 Å². The minimum atomic E-state index is 0.711. The van der Waals surface area contributed by atoms with Gasteiger partial charge in [-0.2, -0.15) is 0 Å². The minimum absolute atomic E-state index is 0.711. The fourth-order valence-electron chi connectivity index (χ4n) is 1.55. The van der Waals surface area contributed by atoms with Gasteiger partial charge in [0.2, 0.25) is 0 Å². The summed E-state index contributed by atoms with van der Waals surface area (Å²) in [5, 5.41) is 3.98. The van der Waals surface area contributed by atoms with Crippen molar-refractivity contribution in [1.82, 2.24) is 0 Å². The molecule has 2 nitrogen and oxygen atoms in total. The molecular formula is C13H13ClN2. The predicted octanol–water partition coefficient (Wildman–Crippen LogP) is 3.97. The van der Waals surface area contributed by atoms with Crippen LogP contribution in [-0.2, 0) is 0 Å². The molecule has 0 heterocycles. The van der Waals surface area contributed by atoms with Crippen molar-refractivity contribution in [2.24, 2.45) is 0 Å². The highest BCUT2D eigenvalue weighted by molar-refractivity contribution is 6.33. The summed E-state index contributed by atoms with van der Waals surface area (Å²) in [5.74, 6) is 0. The Hall–Kier alpha value is -1.67. The summed E-state index contributed by atoms with van der Waals surface area (Å²) >= 11 is 6.13. The summed E-state index contributed by atoms with van der Waals surface area (Å²) in [6.07, 6.45) is 0. The molecule has 2 aromatic carbocycles. The molecule has 0 aromatic heterocycles. The van der Waals surface area contributed by atoms with Gasteiger partial charge < -0.3 is 11.1 Å². The lowest BCUT2D eigenvalue weighted by Gasteiger charge is -2.11. The van der Waals surface area contributed by atoms with Crippen LogP contribution in [0, 0.1) is 6.92 Å². The number of hydrogen-bond donors (Lipinski definition) is 2. The van der Waals surface area contributed by atoms with Crippen LogP contribution in [0.5, 0.6) is 0 Å². The Kier molecular flexibility index (Phi) is 3.02. The molecule has 0 aliphatic carbocycles. The summed E-state index contributed by atoms with van der Waals surface area (Å²) in [4.78, 5) is 0. The van der Waals surface area contributed by atoms with Crippen molar-refractivity contribution in [3.8, 4) is 0 Å². The monoisotopic (exact) mass is 232 g/mol. The Morgan fingerprint density at radius 2 is 1.88 bits per heavy atom. The summed E-state index contributed by atoms with van der Waals surface area (Å²) in [7, 11) is 0. The third kappa shape index (κ3) is 2.28. The maximum atomic E-state index is 6.13. The van der Waals surface area contributed by atoms with Crippen LogP contribution in [0.4, 0.5) is 17.1 Å². The SMILES string of the molecule is Cc1cccc(Cl)c1Nc1cccc(N)c1. The first-order chi connectivity index (χ1) is 7.66. The highest BCUT2D eigenvalue weighted by atomic mass is 35.5. The van der Waals surface area contributed by atoms with Crippen molar-refractivity contribution in [2.45, 2.75) is 6.92 Å². The predicted molar refractivity (Wildman–Crippen MR) is 70.3 cm³/mol. The first-order valence-electron chi connectivity index (χ1n) is 5.04. The van der Waals surface area contributed by atoms with E-state index in [1.807, 2.05) is 49.4 Å².